The Balaban J connectivity index is 1.71. The minimum Gasteiger partial charge on any atom is -0.389 e. The Bertz CT molecular complexity index is 1110. The summed E-state index contributed by atoms with van der Waals surface area (Å²) in [6, 6.07) is 14.8. The lowest BCUT2D eigenvalue weighted by molar-refractivity contribution is -0.132. The van der Waals surface area contributed by atoms with Gasteiger partial charge in [0.1, 0.15) is 5.82 Å². The van der Waals surface area contributed by atoms with E-state index in [2.05, 4.69) is 31.0 Å². The van der Waals surface area contributed by atoms with Gasteiger partial charge in [0.2, 0.25) is 11.7 Å². The lowest BCUT2D eigenvalue weighted by atomic mass is 9.91. The standard InChI is InChI=1S/C24H31N7O4/c1-5-33-16-24(3,17-34-6-2)23(32)26-20-14-10-13-19(25-20)15-35-28-21(18-11-8-7-9-12-18)22-27-29-30-31(22)4/h7-14H,5-6,15-17H2,1-4H3,(H,25,26,32). The highest BCUT2D eigenvalue weighted by molar-refractivity contribution is 6.10. The maximum Gasteiger partial charge on any atom is 0.236 e. The molecule has 1 aromatic carbocycles. The van der Waals surface area contributed by atoms with Crippen molar-refractivity contribution in [2.45, 2.75) is 27.4 Å². The molecule has 0 aliphatic carbocycles. The first-order valence-electron chi connectivity index (χ1n) is 11.4. The van der Waals surface area contributed by atoms with E-state index in [1.54, 1.807) is 25.2 Å². The number of rotatable bonds is 13. The summed E-state index contributed by atoms with van der Waals surface area (Å²) in [6.07, 6.45) is 0. The van der Waals surface area contributed by atoms with Crippen molar-refractivity contribution >= 4 is 17.4 Å². The number of pyridine rings is 1. The van der Waals surface area contributed by atoms with Crippen LogP contribution in [-0.2, 0) is 32.8 Å². The quantitative estimate of drug-likeness (QED) is 0.292. The highest BCUT2D eigenvalue weighted by Crippen LogP contribution is 2.21. The number of amides is 1. The van der Waals surface area contributed by atoms with Gasteiger partial charge in [0.05, 0.1) is 24.3 Å². The van der Waals surface area contributed by atoms with E-state index in [1.807, 2.05) is 51.1 Å². The van der Waals surface area contributed by atoms with Crippen LogP contribution in [0.25, 0.3) is 0 Å². The molecule has 186 valence electrons. The molecule has 0 saturated heterocycles. The van der Waals surface area contributed by atoms with E-state index < -0.39 is 5.41 Å². The smallest absolute Gasteiger partial charge is 0.236 e. The van der Waals surface area contributed by atoms with Gasteiger partial charge < -0.3 is 19.6 Å². The van der Waals surface area contributed by atoms with Crippen LogP contribution in [0.1, 0.15) is 37.9 Å². The molecule has 3 aromatic rings. The van der Waals surface area contributed by atoms with Gasteiger partial charge in [0.25, 0.3) is 0 Å². The van der Waals surface area contributed by atoms with Crippen molar-refractivity contribution in [2.75, 3.05) is 31.7 Å². The molecule has 2 heterocycles. The molecule has 2 aromatic heterocycles. The normalized spacial score (nSPS) is 11.9. The third kappa shape index (κ3) is 7.14. The third-order valence-corrected chi connectivity index (χ3v) is 5.09. The predicted molar refractivity (Wildman–Crippen MR) is 130 cm³/mol. The second kappa shape index (κ2) is 12.7. The van der Waals surface area contributed by atoms with Gasteiger partial charge in [-0.15, -0.1) is 5.10 Å². The Kier molecular flexibility index (Phi) is 9.39. The summed E-state index contributed by atoms with van der Waals surface area (Å²) in [6.45, 7) is 7.17. The fourth-order valence-corrected chi connectivity index (χ4v) is 3.14. The number of carbonyl (C=O) groups excluding carboxylic acids is 1. The zero-order valence-electron chi connectivity index (χ0n) is 20.5. The Morgan fingerprint density at radius 2 is 1.77 bits per heavy atom. The molecule has 0 bridgehead atoms. The number of carbonyl (C=O) groups is 1. The summed E-state index contributed by atoms with van der Waals surface area (Å²) in [5, 5.41) is 18.7. The SMILES string of the molecule is CCOCC(C)(COCC)C(=O)Nc1cccc(CON=C(c2ccccc2)c2nnnn2C)n1. The van der Waals surface area contributed by atoms with Crippen molar-refractivity contribution < 1.29 is 19.1 Å². The van der Waals surface area contributed by atoms with E-state index in [9.17, 15) is 4.79 Å². The Morgan fingerprint density at radius 3 is 2.40 bits per heavy atom. The highest BCUT2D eigenvalue weighted by Gasteiger charge is 2.34. The van der Waals surface area contributed by atoms with E-state index in [4.69, 9.17) is 14.3 Å². The number of nitrogens with zero attached hydrogens (tertiary/aromatic N) is 6. The van der Waals surface area contributed by atoms with Crippen LogP contribution in [-0.4, -0.2) is 63.2 Å². The lowest BCUT2D eigenvalue weighted by Crippen LogP contribution is -2.41. The average molecular weight is 482 g/mol. The van der Waals surface area contributed by atoms with Gasteiger partial charge in [-0.2, -0.15) is 0 Å². The van der Waals surface area contributed by atoms with Crippen molar-refractivity contribution in [1.29, 1.82) is 0 Å². The fraction of sp³-hybridized carbons (Fsp3) is 0.417. The number of aryl methyl sites for hydroxylation is 1. The lowest BCUT2D eigenvalue weighted by Gasteiger charge is -2.27. The summed E-state index contributed by atoms with van der Waals surface area (Å²) >= 11 is 0. The average Bonchev–Trinajstić information content (AvgIpc) is 3.30. The van der Waals surface area contributed by atoms with Gasteiger partial charge in [0.15, 0.2) is 12.3 Å². The van der Waals surface area contributed by atoms with E-state index in [0.717, 1.165) is 5.56 Å². The predicted octanol–water partition coefficient (Wildman–Crippen LogP) is 2.59. The first kappa shape index (κ1) is 25.9. The largest absolute Gasteiger partial charge is 0.389 e. The molecule has 0 unspecified atom stereocenters. The Hall–Kier alpha value is -3.70. The molecular weight excluding hydrogens is 450 g/mol. The Morgan fingerprint density at radius 1 is 1.06 bits per heavy atom. The van der Waals surface area contributed by atoms with Gasteiger partial charge >= 0.3 is 0 Å². The second-order valence-corrected chi connectivity index (χ2v) is 8.01. The number of nitrogens with one attached hydrogen (secondary N) is 1. The van der Waals surface area contributed by atoms with Crippen LogP contribution in [0.4, 0.5) is 5.82 Å². The molecule has 0 radical (unpaired) electrons. The van der Waals surface area contributed by atoms with E-state index in [-0.39, 0.29) is 25.7 Å². The van der Waals surface area contributed by atoms with Crippen LogP contribution in [0.15, 0.2) is 53.7 Å². The third-order valence-electron chi connectivity index (χ3n) is 5.09. The zero-order valence-corrected chi connectivity index (χ0v) is 20.5. The molecule has 1 amide bonds. The number of aromatic nitrogens is 5. The molecule has 3 rings (SSSR count). The number of anilines is 1. The minimum atomic E-state index is -0.848. The summed E-state index contributed by atoms with van der Waals surface area (Å²) in [4.78, 5) is 23.1. The molecule has 35 heavy (non-hydrogen) atoms. The van der Waals surface area contributed by atoms with Crippen LogP contribution in [0.2, 0.25) is 0 Å². The molecule has 1 N–H and O–H groups in total. The maximum atomic E-state index is 13.0. The molecule has 0 atom stereocenters. The van der Waals surface area contributed by atoms with Crippen LogP contribution >= 0.6 is 0 Å². The molecule has 0 fully saturated rings. The monoisotopic (exact) mass is 481 g/mol. The highest BCUT2D eigenvalue weighted by atomic mass is 16.6. The first-order chi connectivity index (χ1) is 17.0. The number of benzene rings is 1. The van der Waals surface area contributed by atoms with Crippen LogP contribution < -0.4 is 5.32 Å². The molecule has 11 heteroatoms. The Labute approximate surface area is 204 Å². The molecule has 0 aliphatic rings. The van der Waals surface area contributed by atoms with Gasteiger partial charge in [0, 0.05) is 25.8 Å². The van der Waals surface area contributed by atoms with E-state index >= 15 is 0 Å². The molecule has 0 spiro atoms. The number of ether oxygens (including phenoxy) is 2. The fourth-order valence-electron chi connectivity index (χ4n) is 3.14. The minimum absolute atomic E-state index is 0.0838. The summed E-state index contributed by atoms with van der Waals surface area (Å²) in [5.41, 5.74) is 1.04. The number of tetrazole rings is 1. The zero-order chi connectivity index (χ0) is 25.1. The number of hydrogen-bond donors (Lipinski definition) is 1. The first-order valence-corrected chi connectivity index (χ1v) is 11.4. The van der Waals surface area contributed by atoms with Gasteiger partial charge in [-0.1, -0.05) is 41.6 Å². The number of hydrogen-bond acceptors (Lipinski definition) is 9. The van der Waals surface area contributed by atoms with Crippen molar-refractivity contribution in [2.24, 2.45) is 17.6 Å². The molecule has 0 aliphatic heterocycles. The maximum absolute atomic E-state index is 13.0. The van der Waals surface area contributed by atoms with Crippen molar-refractivity contribution in [3.8, 4) is 0 Å². The van der Waals surface area contributed by atoms with Gasteiger partial charge in [-0.25, -0.2) is 9.67 Å². The summed E-state index contributed by atoms with van der Waals surface area (Å²) in [7, 11) is 1.73. The van der Waals surface area contributed by atoms with Gasteiger partial charge in [-0.05, 0) is 43.3 Å². The molecule has 11 nitrogen and oxygen atoms in total. The van der Waals surface area contributed by atoms with Crippen molar-refractivity contribution in [1.82, 2.24) is 25.2 Å². The summed E-state index contributed by atoms with van der Waals surface area (Å²) < 4.78 is 12.6. The van der Waals surface area contributed by atoms with Gasteiger partial charge in [-0.3, -0.25) is 4.79 Å². The number of oxime groups is 1. The van der Waals surface area contributed by atoms with Crippen molar-refractivity contribution in [3.05, 3.63) is 65.6 Å². The van der Waals surface area contributed by atoms with E-state index in [1.165, 1.54) is 4.68 Å². The molecular formula is C24H31N7O4. The second-order valence-electron chi connectivity index (χ2n) is 8.01. The van der Waals surface area contributed by atoms with Crippen LogP contribution in [0.3, 0.4) is 0 Å². The van der Waals surface area contributed by atoms with Crippen LogP contribution in [0, 0.1) is 5.41 Å². The summed E-state index contributed by atoms with van der Waals surface area (Å²) in [5.74, 6) is 0.636. The molecule has 0 saturated carbocycles. The van der Waals surface area contributed by atoms with E-state index in [0.29, 0.717) is 36.3 Å². The van der Waals surface area contributed by atoms with Crippen molar-refractivity contribution in [3.63, 3.8) is 0 Å². The topological polar surface area (TPSA) is 126 Å². The van der Waals surface area contributed by atoms with Crippen LogP contribution in [0.5, 0.6) is 0 Å².